The van der Waals surface area contributed by atoms with Gasteiger partial charge < -0.3 is 9.88 Å². The Morgan fingerprint density at radius 2 is 2.03 bits per heavy atom. The van der Waals surface area contributed by atoms with Crippen molar-refractivity contribution in [3.05, 3.63) is 70.7 Å². The predicted molar refractivity (Wildman–Crippen MR) is 129 cm³/mol. The van der Waals surface area contributed by atoms with Gasteiger partial charge in [-0.3, -0.25) is 9.71 Å². The summed E-state index contributed by atoms with van der Waals surface area (Å²) >= 11 is 6.07. The Kier molecular flexibility index (Phi) is 5.49. The van der Waals surface area contributed by atoms with Crippen LogP contribution in [0.3, 0.4) is 0 Å². The van der Waals surface area contributed by atoms with Crippen LogP contribution in [0.25, 0.3) is 22.5 Å². The minimum Gasteiger partial charge on any atom is -0.369 e. The Hall–Kier alpha value is -3.50. The Morgan fingerprint density at radius 1 is 1.24 bits per heavy atom. The summed E-state index contributed by atoms with van der Waals surface area (Å²) in [5.74, 6) is 0.696. The van der Waals surface area contributed by atoms with Gasteiger partial charge in [0, 0.05) is 43.0 Å². The van der Waals surface area contributed by atoms with Gasteiger partial charge in [0.05, 0.1) is 10.7 Å². The smallest absolute Gasteiger partial charge is 0.263 e. The van der Waals surface area contributed by atoms with E-state index < -0.39 is 15.8 Å². The number of sulfonamides is 1. The summed E-state index contributed by atoms with van der Waals surface area (Å²) in [6.07, 6.45) is 1.65. The first-order valence-corrected chi connectivity index (χ1v) is 12.3. The number of benzene rings is 2. The average molecular weight is 499 g/mol. The fraction of sp³-hybridized carbons (Fsp3) is 0.174. The minimum absolute atomic E-state index is 0.0499. The first kappa shape index (κ1) is 22.3. The molecule has 11 heteroatoms. The number of hydrogen-bond donors (Lipinski definition) is 2. The topological polar surface area (TPSA) is 101 Å². The van der Waals surface area contributed by atoms with E-state index in [0.717, 1.165) is 5.56 Å². The van der Waals surface area contributed by atoms with Crippen LogP contribution in [0.4, 0.5) is 15.9 Å². The largest absolute Gasteiger partial charge is 0.369 e. The molecule has 3 aliphatic heterocycles. The summed E-state index contributed by atoms with van der Waals surface area (Å²) in [7, 11) is -2.49. The summed E-state index contributed by atoms with van der Waals surface area (Å²) in [4.78, 5) is 12.6. The van der Waals surface area contributed by atoms with Crippen LogP contribution in [-0.2, 0) is 16.6 Å². The predicted octanol–water partition coefficient (Wildman–Crippen LogP) is 3.91. The highest BCUT2D eigenvalue weighted by atomic mass is 35.5. The molecule has 0 amide bonds. The molecule has 0 bridgehead atoms. The molecule has 0 fully saturated rings. The molecule has 0 saturated carbocycles. The zero-order valence-electron chi connectivity index (χ0n) is 18.3. The zero-order valence-corrected chi connectivity index (χ0v) is 19.9. The number of halogens is 2. The van der Waals surface area contributed by atoms with Crippen molar-refractivity contribution in [2.24, 2.45) is 4.99 Å². The second kappa shape index (κ2) is 8.37. The van der Waals surface area contributed by atoms with E-state index in [1.165, 1.54) is 18.2 Å². The van der Waals surface area contributed by atoms with Crippen LogP contribution in [0.1, 0.15) is 5.56 Å². The number of fused-ring (bicyclic) bond motifs is 3. The maximum absolute atomic E-state index is 15.9. The van der Waals surface area contributed by atoms with Crippen LogP contribution in [-0.4, -0.2) is 36.5 Å². The third-order valence-corrected chi connectivity index (χ3v) is 7.55. The summed E-state index contributed by atoms with van der Waals surface area (Å²) in [6, 6.07) is 10.9. The van der Waals surface area contributed by atoms with Crippen LogP contribution >= 0.6 is 11.6 Å². The normalized spacial score (nSPS) is 13.7. The van der Waals surface area contributed by atoms with E-state index in [9.17, 15) is 8.42 Å². The third-order valence-electron chi connectivity index (χ3n) is 5.68. The van der Waals surface area contributed by atoms with Crippen molar-refractivity contribution in [1.29, 1.82) is 0 Å². The minimum atomic E-state index is -4.11. The summed E-state index contributed by atoms with van der Waals surface area (Å²) in [5, 5.41) is 3.35. The first-order valence-electron chi connectivity index (χ1n) is 10.4. The van der Waals surface area contributed by atoms with Crippen LogP contribution in [0.5, 0.6) is 0 Å². The Bertz CT molecular complexity index is 1590. The summed E-state index contributed by atoms with van der Waals surface area (Å²) < 4.78 is 46.1. The van der Waals surface area contributed by atoms with Crippen molar-refractivity contribution < 1.29 is 12.8 Å². The van der Waals surface area contributed by atoms with Crippen LogP contribution in [0.15, 0.2) is 58.5 Å². The van der Waals surface area contributed by atoms with Gasteiger partial charge in [0.2, 0.25) is 5.62 Å². The van der Waals surface area contributed by atoms with Crippen molar-refractivity contribution in [2.45, 2.75) is 18.4 Å². The zero-order chi connectivity index (χ0) is 24.0. The molecule has 174 valence electrons. The Balaban J connectivity index is 1.68. The molecule has 0 saturated heterocycles. The van der Waals surface area contributed by atoms with E-state index in [4.69, 9.17) is 11.6 Å². The molecule has 2 N–H and O–H groups in total. The lowest BCUT2D eigenvalue weighted by Gasteiger charge is -2.20. The summed E-state index contributed by atoms with van der Waals surface area (Å²) in [5.41, 5.74) is 2.42. The molecule has 8 nitrogen and oxygen atoms in total. The first-order chi connectivity index (χ1) is 16.3. The quantitative estimate of drug-likeness (QED) is 0.444. The SMILES string of the molecule is CN=c1ncc2cc(-c3c(C)ccc(NS(=O)(=O)c4ccccc4Cl)c3F)c3n(c-2n1)CCN3. The van der Waals surface area contributed by atoms with Gasteiger partial charge in [-0.15, -0.1) is 0 Å². The number of rotatable bonds is 4. The monoisotopic (exact) mass is 498 g/mol. The lowest BCUT2D eigenvalue weighted by molar-refractivity contribution is 0.599. The Morgan fingerprint density at radius 3 is 2.79 bits per heavy atom. The van der Waals surface area contributed by atoms with Gasteiger partial charge in [-0.25, -0.2) is 17.8 Å². The van der Waals surface area contributed by atoms with Crippen molar-refractivity contribution >= 4 is 33.1 Å². The van der Waals surface area contributed by atoms with E-state index in [1.807, 2.05) is 4.57 Å². The second-order valence-corrected chi connectivity index (χ2v) is 9.87. The molecule has 0 aromatic heterocycles. The molecule has 2 aromatic carbocycles. The van der Waals surface area contributed by atoms with E-state index >= 15 is 4.39 Å². The number of nitrogens with zero attached hydrogens (tertiary/aromatic N) is 4. The van der Waals surface area contributed by atoms with E-state index in [2.05, 4.69) is 25.0 Å². The van der Waals surface area contributed by atoms with Crippen molar-refractivity contribution in [2.75, 3.05) is 23.6 Å². The van der Waals surface area contributed by atoms with Gasteiger partial charge in [0.15, 0.2) is 5.82 Å². The molecule has 0 spiro atoms. The third kappa shape index (κ3) is 3.68. The highest BCUT2D eigenvalue weighted by molar-refractivity contribution is 7.92. The van der Waals surface area contributed by atoms with Gasteiger partial charge >= 0.3 is 0 Å². The maximum Gasteiger partial charge on any atom is 0.263 e. The fourth-order valence-electron chi connectivity index (χ4n) is 4.10. The van der Waals surface area contributed by atoms with Crippen molar-refractivity contribution in [1.82, 2.24) is 14.5 Å². The van der Waals surface area contributed by atoms with E-state index in [0.29, 0.717) is 41.5 Å². The number of anilines is 2. The van der Waals surface area contributed by atoms with Crippen molar-refractivity contribution in [3.63, 3.8) is 0 Å². The maximum atomic E-state index is 15.9. The average Bonchev–Trinajstić information content (AvgIpc) is 3.31. The Labute approximate surface area is 200 Å². The van der Waals surface area contributed by atoms with Crippen molar-refractivity contribution in [3.8, 4) is 22.5 Å². The lowest BCUT2D eigenvalue weighted by Crippen LogP contribution is -2.18. The number of aryl methyl sites for hydroxylation is 1. The molecule has 3 aliphatic rings. The number of hydrogen-bond acceptors (Lipinski definition) is 6. The summed E-state index contributed by atoms with van der Waals surface area (Å²) in [6.45, 7) is 3.06. The lowest BCUT2D eigenvalue weighted by atomic mass is 9.97. The number of pyridine rings is 1. The standard InChI is InChI=1S/C23H20ClFN6O2S/c1-13-7-8-17(30-34(32,33)18-6-4-3-5-16(18)24)20(25)19(13)15-11-14-12-28-23(26-2)29-21(14)31-10-9-27-22(15)31/h3-8,11-12,27,30H,9-10H2,1-2H3. The van der Waals surface area contributed by atoms with Crippen LogP contribution in [0, 0.1) is 12.7 Å². The van der Waals surface area contributed by atoms with Gasteiger partial charge in [-0.1, -0.05) is 29.8 Å². The number of aromatic nitrogens is 3. The highest BCUT2D eigenvalue weighted by Gasteiger charge is 2.27. The van der Waals surface area contributed by atoms with E-state index in [1.54, 1.807) is 44.4 Å². The molecule has 5 rings (SSSR count). The van der Waals surface area contributed by atoms with Gasteiger partial charge in [-0.2, -0.15) is 4.98 Å². The molecule has 0 aliphatic carbocycles. The number of nitrogens with one attached hydrogen (secondary N) is 2. The molecule has 0 atom stereocenters. The fourth-order valence-corrected chi connectivity index (χ4v) is 5.68. The molecular formula is C23H20ClFN6O2S. The van der Waals surface area contributed by atoms with Gasteiger partial charge in [0.25, 0.3) is 10.0 Å². The van der Waals surface area contributed by atoms with Gasteiger partial charge in [-0.05, 0) is 36.8 Å². The molecule has 0 radical (unpaired) electrons. The highest BCUT2D eigenvalue weighted by Crippen LogP contribution is 2.41. The van der Waals surface area contributed by atoms with Gasteiger partial charge in [0.1, 0.15) is 16.5 Å². The molecule has 2 aromatic rings. The van der Waals surface area contributed by atoms with E-state index in [-0.39, 0.29) is 21.2 Å². The molecular weight excluding hydrogens is 479 g/mol. The second-order valence-electron chi connectivity index (χ2n) is 7.81. The van der Waals surface area contributed by atoms with Crippen LogP contribution < -0.4 is 15.7 Å². The molecule has 0 unspecified atom stereocenters. The molecule has 34 heavy (non-hydrogen) atoms. The van der Waals surface area contributed by atoms with Crippen LogP contribution in [0.2, 0.25) is 5.02 Å². The molecule has 3 heterocycles.